The molecule has 1 amide bonds. The summed E-state index contributed by atoms with van der Waals surface area (Å²) >= 11 is 0. The SMILES string of the molecule is CN(C)[C@@H](CNC(=O)c1cc2ccccc2o1)c1cn(C)c2ccccc12. The van der Waals surface area contributed by atoms with Crippen molar-refractivity contribution in [2.24, 2.45) is 7.05 Å². The lowest BCUT2D eigenvalue weighted by atomic mass is 10.0. The summed E-state index contributed by atoms with van der Waals surface area (Å²) in [7, 11) is 6.10. The van der Waals surface area contributed by atoms with Crippen LogP contribution in [0, 0.1) is 0 Å². The van der Waals surface area contributed by atoms with Crippen molar-refractivity contribution in [3.05, 3.63) is 72.1 Å². The molecule has 0 aliphatic rings. The van der Waals surface area contributed by atoms with E-state index in [-0.39, 0.29) is 11.9 Å². The number of hydrogen-bond donors (Lipinski definition) is 1. The third-order valence-corrected chi connectivity index (χ3v) is 5.02. The van der Waals surface area contributed by atoms with E-state index in [9.17, 15) is 4.79 Å². The molecule has 2 aromatic carbocycles. The van der Waals surface area contributed by atoms with Crippen molar-refractivity contribution in [2.75, 3.05) is 20.6 Å². The second-order valence-corrected chi connectivity index (χ2v) is 7.05. The number of aryl methyl sites for hydroxylation is 1. The van der Waals surface area contributed by atoms with Crippen LogP contribution in [0.4, 0.5) is 0 Å². The molecule has 27 heavy (non-hydrogen) atoms. The highest BCUT2D eigenvalue weighted by Crippen LogP contribution is 2.28. The van der Waals surface area contributed by atoms with E-state index in [0.717, 1.165) is 11.0 Å². The first-order chi connectivity index (χ1) is 13.0. The highest BCUT2D eigenvalue weighted by atomic mass is 16.3. The van der Waals surface area contributed by atoms with E-state index in [4.69, 9.17) is 4.42 Å². The number of furan rings is 1. The maximum Gasteiger partial charge on any atom is 0.287 e. The number of nitrogens with one attached hydrogen (secondary N) is 1. The van der Waals surface area contributed by atoms with Crippen LogP contribution in [0.5, 0.6) is 0 Å². The maximum atomic E-state index is 12.6. The minimum atomic E-state index is -0.196. The second kappa shape index (κ2) is 6.93. The first kappa shape index (κ1) is 17.4. The molecule has 4 rings (SSSR count). The van der Waals surface area contributed by atoms with Gasteiger partial charge >= 0.3 is 0 Å². The average molecular weight is 361 g/mol. The van der Waals surface area contributed by atoms with Crippen molar-refractivity contribution in [1.82, 2.24) is 14.8 Å². The molecule has 0 saturated carbocycles. The molecular weight excluding hydrogens is 338 g/mol. The van der Waals surface area contributed by atoms with Crippen molar-refractivity contribution in [3.8, 4) is 0 Å². The molecule has 0 unspecified atom stereocenters. The van der Waals surface area contributed by atoms with Crippen molar-refractivity contribution >= 4 is 27.8 Å². The average Bonchev–Trinajstić information content (AvgIpc) is 3.24. The molecule has 1 atom stereocenters. The number of benzene rings is 2. The van der Waals surface area contributed by atoms with Crippen molar-refractivity contribution in [1.29, 1.82) is 0 Å². The fourth-order valence-electron chi connectivity index (χ4n) is 3.58. The van der Waals surface area contributed by atoms with E-state index >= 15 is 0 Å². The zero-order valence-corrected chi connectivity index (χ0v) is 15.8. The quantitative estimate of drug-likeness (QED) is 0.585. The van der Waals surface area contributed by atoms with Gasteiger partial charge in [0, 0.05) is 36.1 Å². The van der Waals surface area contributed by atoms with Crippen LogP contribution in [0.15, 0.2) is 65.2 Å². The van der Waals surface area contributed by atoms with E-state index in [1.807, 2.05) is 57.5 Å². The summed E-state index contributed by atoms with van der Waals surface area (Å²) in [6, 6.07) is 17.8. The normalized spacial score (nSPS) is 12.7. The first-order valence-corrected chi connectivity index (χ1v) is 9.02. The van der Waals surface area contributed by atoms with Crippen molar-refractivity contribution < 1.29 is 9.21 Å². The topological polar surface area (TPSA) is 50.4 Å². The predicted octanol–water partition coefficient (Wildman–Crippen LogP) is 3.96. The Bertz CT molecular complexity index is 1070. The Balaban J connectivity index is 1.57. The van der Waals surface area contributed by atoms with Gasteiger partial charge in [0.1, 0.15) is 5.58 Å². The van der Waals surface area contributed by atoms with E-state index in [0.29, 0.717) is 12.3 Å². The molecular formula is C22H23N3O2. The standard InChI is InChI=1S/C22H23N3O2/c1-24(2)19(17-14-25(3)18-10-6-5-9-16(17)18)13-23-22(26)21-12-15-8-4-7-11-20(15)27-21/h4-12,14,19H,13H2,1-3H3,(H,23,26)/t19-/m0/s1. The van der Waals surface area contributed by atoms with Crippen molar-refractivity contribution in [2.45, 2.75) is 6.04 Å². The lowest BCUT2D eigenvalue weighted by Crippen LogP contribution is -2.34. The molecule has 0 spiro atoms. The van der Waals surface area contributed by atoms with Gasteiger partial charge in [-0.2, -0.15) is 0 Å². The van der Waals surface area contributed by atoms with Gasteiger partial charge < -0.3 is 19.2 Å². The largest absolute Gasteiger partial charge is 0.451 e. The van der Waals surface area contributed by atoms with Crippen LogP contribution in [0.1, 0.15) is 22.2 Å². The summed E-state index contributed by atoms with van der Waals surface area (Å²) in [5, 5.41) is 5.17. The summed E-state index contributed by atoms with van der Waals surface area (Å²) in [4.78, 5) is 14.7. The molecule has 0 aliphatic heterocycles. The molecule has 138 valence electrons. The first-order valence-electron chi connectivity index (χ1n) is 9.02. The highest BCUT2D eigenvalue weighted by Gasteiger charge is 2.21. The van der Waals surface area contributed by atoms with Gasteiger partial charge in [0.2, 0.25) is 0 Å². The molecule has 0 bridgehead atoms. The molecule has 2 aromatic heterocycles. The van der Waals surface area contributed by atoms with E-state index < -0.39 is 0 Å². The number of amides is 1. The molecule has 2 heterocycles. The molecule has 0 fully saturated rings. The van der Waals surface area contributed by atoms with Gasteiger partial charge in [0.05, 0.1) is 6.04 Å². The molecule has 0 radical (unpaired) electrons. The fourth-order valence-corrected chi connectivity index (χ4v) is 3.58. The summed E-state index contributed by atoms with van der Waals surface area (Å²) < 4.78 is 7.80. The van der Waals surface area contributed by atoms with Crippen LogP contribution in [0.25, 0.3) is 21.9 Å². The second-order valence-electron chi connectivity index (χ2n) is 7.05. The van der Waals surface area contributed by atoms with Crippen molar-refractivity contribution in [3.63, 3.8) is 0 Å². The van der Waals surface area contributed by atoms with Gasteiger partial charge in [-0.1, -0.05) is 36.4 Å². The Kier molecular flexibility index (Phi) is 4.46. The Morgan fingerprint density at radius 1 is 1.15 bits per heavy atom. The maximum absolute atomic E-state index is 12.6. The number of nitrogens with zero attached hydrogens (tertiary/aromatic N) is 2. The lowest BCUT2D eigenvalue weighted by molar-refractivity contribution is 0.0916. The van der Waals surface area contributed by atoms with E-state index in [1.54, 1.807) is 6.07 Å². The number of carbonyl (C=O) groups excluding carboxylic acids is 1. The molecule has 5 nitrogen and oxygen atoms in total. The van der Waals surface area contributed by atoms with Gasteiger partial charge in [-0.3, -0.25) is 4.79 Å². The van der Waals surface area contributed by atoms with Crippen LogP contribution in [-0.4, -0.2) is 36.0 Å². The predicted molar refractivity (Wildman–Crippen MR) is 108 cm³/mol. The van der Waals surface area contributed by atoms with Gasteiger partial charge in [-0.25, -0.2) is 0 Å². The highest BCUT2D eigenvalue weighted by molar-refractivity contribution is 5.96. The van der Waals surface area contributed by atoms with Crippen LogP contribution in [-0.2, 0) is 7.05 Å². The number of para-hydroxylation sites is 2. The minimum Gasteiger partial charge on any atom is -0.451 e. The number of carbonyl (C=O) groups is 1. The molecule has 4 aromatic rings. The number of rotatable bonds is 5. The minimum absolute atomic E-state index is 0.0597. The zero-order chi connectivity index (χ0) is 19.0. The van der Waals surface area contributed by atoms with Crippen LogP contribution < -0.4 is 5.32 Å². The van der Waals surface area contributed by atoms with Crippen LogP contribution in [0.2, 0.25) is 0 Å². The summed E-state index contributed by atoms with van der Waals surface area (Å²) in [6.45, 7) is 0.497. The summed E-state index contributed by atoms with van der Waals surface area (Å²) in [5.41, 5.74) is 3.10. The smallest absolute Gasteiger partial charge is 0.287 e. The Morgan fingerprint density at radius 2 is 1.89 bits per heavy atom. The van der Waals surface area contributed by atoms with Gasteiger partial charge in [-0.15, -0.1) is 0 Å². The summed E-state index contributed by atoms with van der Waals surface area (Å²) in [5.74, 6) is 0.143. The molecule has 0 aliphatic carbocycles. The monoisotopic (exact) mass is 361 g/mol. The van der Waals surface area contributed by atoms with Gasteiger partial charge in [-0.05, 0) is 37.9 Å². The van der Waals surface area contributed by atoms with Crippen LogP contribution in [0.3, 0.4) is 0 Å². The molecule has 0 saturated heterocycles. The third-order valence-electron chi connectivity index (χ3n) is 5.02. The number of hydrogen-bond acceptors (Lipinski definition) is 3. The Hall–Kier alpha value is -3.05. The summed E-state index contributed by atoms with van der Waals surface area (Å²) in [6.07, 6.45) is 2.14. The Labute approximate surface area is 158 Å². The van der Waals surface area contributed by atoms with E-state index in [1.165, 1.54) is 16.5 Å². The number of likely N-dealkylation sites (N-methyl/N-ethyl adjacent to an activating group) is 1. The lowest BCUT2D eigenvalue weighted by Gasteiger charge is -2.24. The Morgan fingerprint density at radius 3 is 2.67 bits per heavy atom. The van der Waals surface area contributed by atoms with Gasteiger partial charge in [0.25, 0.3) is 5.91 Å². The molecule has 1 N–H and O–H groups in total. The third kappa shape index (κ3) is 3.22. The zero-order valence-electron chi connectivity index (χ0n) is 15.8. The van der Waals surface area contributed by atoms with Gasteiger partial charge in [0.15, 0.2) is 5.76 Å². The number of fused-ring (bicyclic) bond motifs is 2. The fraction of sp³-hybridized carbons (Fsp3) is 0.227. The molecule has 5 heteroatoms. The van der Waals surface area contributed by atoms with Crippen LogP contribution >= 0.6 is 0 Å². The van der Waals surface area contributed by atoms with E-state index in [2.05, 4.69) is 33.1 Å². The number of aromatic nitrogens is 1.